The molecule has 6 nitrogen and oxygen atoms in total. The molecule has 1 aromatic carbocycles. The first kappa shape index (κ1) is 23.2. The number of halogens is 1. The standard InChI is InChI=1S/C21H33FN2O4Si/c1-21(2,3)28-20(26)24-13-17(15-8-7-9-16(22)12-15)18(14-24)23-19(25)27-10-11-29(4,5)6/h7-9,12,17-18H,10-11,13-14H2,1-6H3,(H,23,25). The number of nitrogens with one attached hydrogen (secondary N) is 1. The topological polar surface area (TPSA) is 67.9 Å². The van der Waals surface area contributed by atoms with Crippen LogP contribution < -0.4 is 5.32 Å². The van der Waals surface area contributed by atoms with E-state index in [9.17, 15) is 14.0 Å². The van der Waals surface area contributed by atoms with Crippen LogP contribution >= 0.6 is 0 Å². The first-order chi connectivity index (χ1) is 13.3. The van der Waals surface area contributed by atoms with Crippen molar-refractivity contribution in [2.45, 2.75) is 64.0 Å². The third-order valence-electron chi connectivity index (χ3n) is 4.64. The van der Waals surface area contributed by atoms with Crippen LogP contribution in [0.5, 0.6) is 0 Å². The highest BCUT2D eigenvalue weighted by atomic mass is 28.3. The molecule has 0 saturated carbocycles. The van der Waals surface area contributed by atoms with E-state index in [1.54, 1.807) is 37.8 Å². The van der Waals surface area contributed by atoms with Crippen LogP contribution in [-0.2, 0) is 9.47 Å². The average Bonchev–Trinajstić information content (AvgIpc) is 2.96. The van der Waals surface area contributed by atoms with Crippen molar-refractivity contribution >= 4 is 20.3 Å². The number of likely N-dealkylation sites (tertiary alicyclic amines) is 1. The maximum atomic E-state index is 13.8. The summed E-state index contributed by atoms with van der Waals surface area (Å²) < 4.78 is 24.6. The van der Waals surface area contributed by atoms with Crippen LogP contribution in [0.2, 0.25) is 25.7 Å². The molecule has 1 N–H and O–H groups in total. The third kappa shape index (κ3) is 7.68. The smallest absolute Gasteiger partial charge is 0.410 e. The fourth-order valence-electron chi connectivity index (χ4n) is 3.14. The Labute approximate surface area is 173 Å². The van der Waals surface area contributed by atoms with Crippen molar-refractivity contribution in [3.05, 3.63) is 35.6 Å². The summed E-state index contributed by atoms with van der Waals surface area (Å²) in [6.07, 6.45) is -0.962. The molecule has 1 aliphatic rings. The number of rotatable bonds is 5. The summed E-state index contributed by atoms with van der Waals surface area (Å²) >= 11 is 0. The zero-order chi connectivity index (χ0) is 21.8. The second-order valence-electron chi connectivity index (χ2n) is 9.74. The Morgan fingerprint density at radius 3 is 2.52 bits per heavy atom. The van der Waals surface area contributed by atoms with E-state index in [0.29, 0.717) is 13.2 Å². The fourth-order valence-corrected chi connectivity index (χ4v) is 3.86. The molecule has 1 saturated heterocycles. The molecule has 2 amide bonds. The predicted molar refractivity (Wildman–Crippen MR) is 113 cm³/mol. The number of hydrogen-bond donors (Lipinski definition) is 1. The van der Waals surface area contributed by atoms with Crippen molar-refractivity contribution in [2.24, 2.45) is 0 Å². The highest BCUT2D eigenvalue weighted by Gasteiger charge is 2.39. The minimum Gasteiger partial charge on any atom is -0.450 e. The van der Waals surface area contributed by atoms with E-state index < -0.39 is 25.9 Å². The maximum Gasteiger partial charge on any atom is 0.410 e. The van der Waals surface area contributed by atoms with Gasteiger partial charge in [-0.1, -0.05) is 31.8 Å². The van der Waals surface area contributed by atoms with Crippen molar-refractivity contribution in [3.63, 3.8) is 0 Å². The number of carbonyl (C=O) groups excluding carboxylic acids is 2. The summed E-state index contributed by atoms with van der Waals surface area (Å²) in [5, 5.41) is 2.86. The molecule has 0 aromatic heterocycles. The van der Waals surface area contributed by atoms with Crippen LogP contribution in [0.15, 0.2) is 24.3 Å². The maximum absolute atomic E-state index is 13.8. The van der Waals surface area contributed by atoms with Crippen LogP contribution in [0.4, 0.5) is 14.0 Å². The van der Waals surface area contributed by atoms with E-state index in [1.165, 1.54) is 12.1 Å². The molecule has 1 aliphatic heterocycles. The molecule has 2 rings (SSSR count). The summed E-state index contributed by atoms with van der Waals surface area (Å²) in [4.78, 5) is 26.4. The number of carbonyl (C=O) groups is 2. The summed E-state index contributed by atoms with van der Waals surface area (Å²) in [7, 11) is -1.31. The van der Waals surface area contributed by atoms with Gasteiger partial charge in [-0.2, -0.15) is 0 Å². The number of amides is 2. The molecule has 2 unspecified atom stereocenters. The van der Waals surface area contributed by atoms with Gasteiger partial charge >= 0.3 is 12.2 Å². The lowest BCUT2D eigenvalue weighted by Crippen LogP contribution is -2.42. The highest BCUT2D eigenvalue weighted by Crippen LogP contribution is 2.29. The lowest BCUT2D eigenvalue weighted by molar-refractivity contribution is 0.0288. The van der Waals surface area contributed by atoms with Crippen LogP contribution in [0.3, 0.4) is 0 Å². The molecule has 1 aromatic rings. The van der Waals surface area contributed by atoms with Crippen molar-refractivity contribution in [2.75, 3.05) is 19.7 Å². The molecule has 1 fully saturated rings. The van der Waals surface area contributed by atoms with Crippen LogP contribution in [0, 0.1) is 5.82 Å². The van der Waals surface area contributed by atoms with Crippen LogP contribution in [0.25, 0.3) is 0 Å². The second kappa shape index (κ2) is 9.15. The molecule has 0 aliphatic carbocycles. The average molecular weight is 425 g/mol. The van der Waals surface area contributed by atoms with Gasteiger partial charge in [0, 0.05) is 27.1 Å². The first-order valence-corrected chi connectivity index (χ1v) is 13.7. The molecule has 0 bridgehead atoms. The Balaban J connectivity index is 2.09. The third-order valence-corrected chi connectivity index (χ3v) is 6.34. The minimum absolute atomic E-state index is 0.247. The molecule has 1 heterocycles. The van der Waals surface area contributed by atoms with E-state index >= 15 is 0 Å². The van der Waals surface area contributed by atoms with Gasteiger partial charge in [0.05, 0.1) is 12.6 Å². The van der Waals surface area contributed by atoms with E-state index in [0.717, 1.165) is 11.6 Å². The van der Waals surface area contributed by atoms with Crippen molar-refractivity contribution in [1.82, 2.24) is 10.2 Å². The van der Waals surface area contributed by atoms with Gasteiger partial charge in [0.1, 0.15) is 11.4 Å². The lowest BCUT2D eigenvalue weighted by atomic mass is 9.94. The largest absolute Gasteiger partial charge is 0.450 e. The Morgan fingerprint density at radius 1 is 1.24 bits per heavy atom. The SMILES string of the molecule is CC(C)(C)OC(=O)N1CC(NC(=O)OCC[Si](C)(C)C)C(c2cccc(F)c2)C1. The number of alkyl carbamates (subject to hydrolysis) is 1. The monoisotopic (exact) mass is 424 g/mol. The first-order valence-electron chi connectivity index (χ1n) is 10.0. The van der Waals surface area contributed by atoms with Gasteiger partial charge in [0.15, 0.2) is 0 Å². The molecule has 0 spiro atoms. The lowest BCUT2D eigenvalue weighted by Gasteiger charge is -2.24. The van der Waals surface area contributed by atoms with Gasteiger partial charge in [0.25, 0.3) is 0 Å². The summed E-state index contributed by atoms with van der Waals surface area (Å²) in [5.74, 6) is -0.600. The van der Waals surface area contributed by atoms with E-state index in [4.69, 9.17) is 9.47 Å². The molecule has 0 radical (unpaired) electrons. The van der Waals surface area contributed by atoms with Gasteiger partial charge in [-0.15, -0.1) is 0 Å². The molecule has 162 valence electrons. The van der Waals surface area contributed by atoms with E-state index in [1.807, 2.05) is 0 Å². The zero-order valence-electron chi connectivity index (χ0n) is 18.3. The van der Waals surface area contributed by atoms with E-state index in [2.05, 4.69) is 25.0 Å². The number of nitrogens with zero attached hydrogens (tertiary/aromatic N) is 1. The van der Waals surface area contributed by atoms with Gasteiger partial charge in [-0.05, 0) is 44.5 Å². The minimum atomic E-state index is -1.31. The Kier molecular flexibility index (Phi) is 7.32. The number of benzene rings is 1. The van der Waals surface area contributed by atoms with Gasteiger partial charge in [0.2, 0.25) is 0 Å². The summed E-state index contributed by atoms with van der Waals surface area (Å²) in [6, 6.07) is 6.74. The number of ether oxygens (including phenoxy) is 2. The van der Waals surface area contributed by atoms with Crippen molar-refractivity contribution < 1.29 is 23.5 Å². The Hall–Kier alpha value is -2.09. The zero-order valence-corrected chi connectivity index (χ0v) is 19.3. The van der Waals surface area contributed by atoms with Crippen LogP contribution in [0.1, 0.15) is 32.3 Å². The fraction of sp³-hybridized carbons (Fsp3) is 0.619. The van der Waals surface area contributed by atoms with Crippen molar-refractivity contribution in [1.29, 1.82) is 0 Å². The molecular weight excluding hydrogens is 391 g/mol. The van der Waals surface area contributed by atoms with Crippen molar-refractivity contribution in [3.8, 4) is 0 Å². The highest BCUT2D eigenvalue weighted by molar-refractivity contribution is 6.76. The summed E-state index contributed by atoms with van der Waals surface area (Å²) in [5.41, 5.74) is 0.107. The second-order valence-corrected chi connectivity index (χ2v) is 15.4. The van der Waals surface area contributed by atoms with Gasteiger partial charge in [-0.3, -0.25) is 0 Å². The molecular formula is C21H33FN2O4Si. The predicted octanol–water partition coefficient (Wildman–Crippen LogP) is 4.59. The molecule has 2 atom stereocenters. The summed E-state index contributed by atoms with van der Waals surface area (Å²) in [6.45, 7) is 13.0. The quantitative estimate of drug-likeness (QED) is 0.702. The Bertz CT molecular complexity index is 730. The van der Waals surface area contributed by atoms with Gasteiger partial charge < -0.3 is 19.7 Å². The van der Waals surface area contributed by atoms with E-state index in [-0.39, 0.29) is 24.3 Å². The molecule has 29 heavy (non-hydrogen) atoms. The Morgan fingerprint density at radius 2 is 1.93 bits per heavy atom. The van der Waals surface area contributed by atoms with Crippen LogP contribution in [-0.4, -0.2) is 56.5 Å². The number of hydrogen-bond acceptors (Lipinski definition) is 4. The van der Waals surface area contributed by atoms with Gasteiger partial charge in [-0.25, -0.2) is 14.0 Å². The normalized spacial score (nSPS) is 19.8. The molecule has 8 heteroatoms.